The summed E-state index contributed by atoms with van der Waals surface area (Å²) in [5.74, 6) is -0.488. The number of fused-ring (bicyclic) bond motifs is 1. The molecule has 5 nitrogen and oxygen atoms in total. The highest BCUT2D eigenvalue weighted by Crippen LogP contribution is 2.34. The van der Waals surface area contributed by atoms with Crippen molar-refractivity contribution in [1.82, 2.24) is 14.7 Å². The molecule has 0 saturated carbocycles. The Morgan fingerprint density at radius 2 is 2.00 bits per heavy atom. The molecule has 3 rings (SSSR count). The Bertz CT molecular complexity index is 831. The van der Waals surface area contributed by atoms with E-state index >= 15 is 0 Å². The van der Waals surface area contributed by atoms with Gasteiger partial charge in [0.25, 0.3) is 11.5 Å². The Hall–Kier alpha value is -2.50. The number of carbonyl (C=O) groups is 1. The van der Waals surface area contributed by atoms with Crippen LogP contribution in [0, 0.1) is 5.82 Å². The lowest BCUT2D eigenvalue weighted by molar-refractivity contribution is 0.0571. The molecule has 1 aliphatic rings. The Balaban J connectivity index is 1.99. The van der Waals surface area contributed by atoms with Gasteiger partial charge in [0.2, 0.25) is 0 Å². The lowest BCUT2D eigenvalue weighted by Gasteiger charge is -2.40. The molecule has 1 aromatic carbocycles. The first-order chi connectivity index (χ1) is 10.9. The molecule has 0 aliphatic carbocycles. The molecule has 0 unspecified atom stereocenters. The number of aromatic nitrogens is 2. The molecule has 0 spiro atoms. The van der Waals surface area contributed by atoms with Gasteiger partial charge in [-0.05, 0) is 49.6 Å². The molecule has 0 radical (unpaired) electrons. The molecular formula is C17H18FN3O2. The zero-order chi connectivity index (χ0) is 16.7. The number of benzene rings is 1. The third-order valence-corrected chi connectivity index (χ3v) is 4.38. The van der Waals surface area contributed by atoms with E-state index in [4.69, 9.17) is 0 Å². The quantitative estimate of drug-likeness (QED) is 0.809. The zero-order valence-electron chi connectivity index (χ0n) is 13.3. The summed E-state index contributed by atoms with van der Waals surface area (Å²) in [6, 6.07) is 7.21. The van der Waals surface area contributed by atoms with Crippen molar-refractivity contribution in [2.24, 2.45) is 7.05 Å². The molecule has 0 fully saturated rings. The molecule has 0 saturated heterocycles. The van der Waals surface area contributed by atoms with Gasteiger partial charge in [0, 0.05) is 19.2 Å². The van der Waals surface area contributed by atoms with E-state index in [1.165, 1.54) is 31.3 Å². The monoisotopic (exact) mass is 315 g/mol. The van der Waals surface area contributed by atoms with E-state index < -0.39 is 0 Å². The van der Waals surface area contributed by atoms with Crippen LogP contribution in [0.15, 0.2) is 35.1 Å². The molecule has 120 valence electrons. The number of hydrogen-bond acceptors (Lipinski definition) is 3. The molecule has 0 bridgehead atoms. The number of hydrogen-bond donors (Lipinski definition) is 0. The fraction of sp³-hybridized carbons (Fsp3) is 0.353. The van der Waals surface area contributed by atoms with Crippen molar-refractivity contribution in [2.45, 2.75) is 32.4 Å². The Morgan fingerprint density at radius 1 is 1.26 bits per heavy atom. The third kappa shape index (κ3) is 2.65. The van der Waals surface area contributed by atoms with Crippen LogP contribution in [0.4, 0.5) is 4.39 Å². The fourth-order valence-corrected chi connectivity index (χ4v) is 3.23. The SMILES string of the molecule is C[C@@H]1c2ccc(F)cc2C[C@H](C)N1C(=O)c1ccc(=O)n(C)n1. The van der Waals surface area contributed by atoms with Crippen LogP contribution in [0.25, 0.3) is 0 Å². The summed E-state index contributed by atoms with van der Waals surface area (Å²) in [7, 11) is 1.51. The summed E-state index contributed by atoms with van der Waals surface area (Å²) >= 11 is 0. The summed E-state index contributed by atoms with van der Waals surface area (Å²) < 4.78 is 14.6. The smallest absolute Gasteiger partial charge is 0.275 e. The lowest BCUT2D eigenvalue weighted by Crippen LogP contribution is -2.45. The number of amides is 1. The van der Waals surface area contributed by atoms with Crippen LogP contribution >= 0.6 is 0 Å². The highest BCUT2D eigenvalue weighted by molar-refractivity contribution is 5.92. The summed E-state index contributed by atoms with van der Waals surface area (Å²) in [5, 5.41) is 4.04. The molecule has 1 amide bonds. The molecule has 1 aliphatic heterocycles. The maximum absolute atomic E-state index is 13.4. The Morgan fingerprint density at radius 3 is 2.70 bits per heavy atom. The molecule has 2 aromatic rings. The van der Waals surface area contributed by atoms with Gasteiger partial charge < -0.3 is 4.90 Å². The van der Waals surface area contributed by atoms with Crippen molar-refractivity contribution in [3.05, 3.63) is 63.3 Å². The molecular weight excluding hydrogens is 297 g/mol. The summed E-state index contributed by atoms with van der Waals surface area (Å²) in [4.78, 5) is 26.0. The van der Waals surface area contributed by atoms with Crippen LogP contribution < -0.4 is 5.56 Å². The van der Waals surface area contributed by atoms with Crippen LogP contribution in [0.2, 0.25) is 0 Å². The van der Waals surface area contributed by atoms with Crippen molar-refractivity contribution in [2.75, 3.05) is 0 Å². The average Bonchev–Trinajstić information content (AvgIpc) is 2.49. The molecule has 23 heavy (non-hydrogen) atoms. The predicted octanol–water partition coefficient (Wildman–Crippen LogP) is 2.07. The number of halogens is 1. The van der Waals surface area contributed by atoms with Gasteiger partial charge >= 0.3 is 0 Å². The largest absolute Gasteiger partial charge is 0.327 e. The van der Waals surface area contributed by atoms with Crippen molar-refractivity contribution in [1.29, 1.82) is 0 Å². The molecule has 1 aromatic heterocycles. The van der Waals surface area contributed by atoms with E-state index in [-0.39, 0.29) is 35.1 Å². The van der Waals surface area contributed by atoms with Gasteiger partial charge in [0.15, 0.2) is 0 Å². The van der Waals surface area contributed by atoms with Crippen LogP contribution in [0.3, 0.4) is 0 Å². The molecule has 2 atom stereocenters. The van der Waals surface area contributed by atoms with Gasteiger partial charge in [-0.15, -0.1) is 0 Å². The predicted molar refractivity (Wildman–Crippen MR) is 83.6 cm³/mol. The topological polar surface area (TPSA) is 55.2 Å². The van der Waals surface area contributed by atoms with Crippen LogP contribution in [-0.2, 0) is 13.5 Å². The third-order valence-electron chi connectivity index (χ3n) is 4.38. The van der Waals surface area contributed by atoms with Crippen molar-refractivity contribution >= 4 is 5.91 Å². The fourth-order valence-electron chi connectivity index (χ4n) is 3.23. The molecule has 2 heterocycles. The zero-order valence-corrected chi connectivity index (χ0v) is 13.3. The molecule has 0 N–H and O–H groups in total. The average molecular weight is 315 g/mol. The second-order valence-electron chi connectivity index (χ2n) is 5.97. The number of aryl methyl sites for hydroxylation is 1. The summed E-state index contributed by atoms with van der Waals surface area (Å²) in [6.07, 6.45) is 0.592. The first kappa shape index (κ1) is 15.4. The van der Waals surface area contributed by atoms with E-state index in [1.807, 2.05) is 13.8 Å². The van der Waals surface area contributed by atoms with Crippen molar-refractivity contribution < 1.29 is 9.18 Å². The summed E-state index contributed by atoms with van der Waals surface area (Å²) in [5.41, 5.74) is 1.85. The molecule has 6 heteroatoms. The van der Waals surface area contributed by atoms with Crippen molar-refractivity contribution in [3.63, 3.8) is 0 Å². The van der Waals surface area contributed by atoms with E-state index in [9.17, 15) is 14.0 Å². The van der Waals surface area contributed by atoms with Crippen LogP contribution in [-0.4, -0.2) is 26.6 Å². The Labute approximate surface area is 133 Å². The maximum Gasteiger partial charge on any atom is 0.275 e. The highest BCUT2D eigenvalue weighted by Gasteiger charge is 2.34. The first-order valence-electron chi connectivity index (χ1n) is 7.54. The van der Waals surface area contributed by atoms with Gasteiger partial charge in [-0.3, -0.25) is 9.59 Å². The van der Waals surface area contributed by atoms with Gasteiger partial charge in [-0.1, -0.05) is 6.07 Å². The number of carbonyl (C=O) groups excluding carboxylic acids is 1. The minimum absolute atomic E-state index is 0.0779. The summed E-state index contributed by atoms with van der Waals surface area (Å²) in [6.45, 7) is 3.86. The van der Waals surface area contributed by atoms with Gasteiger partial charge in [-0.2, -0.15) is 5.10 Å². The van der Waals surface area contributed by atoms with E-state index in [0.717, 1.165) is 15.8 Å². The maximum atomic E-state index is 13.4. The number of rotatable bonds is 1. The minimum Gasteiger partial charge on any atom is -0.327 e. The second kappa shape index (κ2) is 5.61. The van der Waals surface area contributed by atoms with Crippen molar-refractivity contribution in [3.8, 4) is 0 Å². The highest BCUT2D eigenvalue weighted by atomic mass is 19.1. The number of nitrogens with zero attached hydrogens (tertiary/aromatic N) is 3. The van der Waals surface area contributed by atoms with E-state index in [0.29, 0.717) is 6.42 Å². The van der Waals surface area contributed by atoms with Gasteiger partial charge in [-0.25, -0.2) is 9.07 Å². The first-order valence-corrected chi connectivity index (χ1v) is 7.54. The van der Waals surface area contributed by atoms with Crippen LogP contribution in [0.5, 0.6) is 0 Å². The van der Waals surface area contributed by atoms with Gasteiger partial charge in [0.05, 0.1) is 6.04 Å². The Kier molecular flexibility index (Phi) is 3.75. The lowest BCUT2D eigenvalue weighted by atomic mass is 9.89. The minimum atomic E-state index is -0.262. The van der Waals surface area contributed by atoms with Gasteiger partial charge in [0.1, 0.15) is 11.5 Å². The van der Waals surface area contributed by atoms with E-state index in [1.54, 1.807) is 11.0 Å². The normalized spacial score (nSPS) is 20.3. The standard InChI is InChI=1S/C17H18FN3O2/c1-10-8-12-9-13(18)4-5-14(12)11(2)21(10)17(23)15-6-7-16(22)20(3)19-15/h4-7,9-11H,8H2,1-3H3/t10-,11+/m0/s1. The second-order valence-corrected chi connectivity index (χ2v) is 5.97. The van der Waals surface area contributed by atoms with Crippen LogP contribution in [0.1, 0.15) is 41.5 Å². The van der Waals surface area contributed by atoms with E-state index in [2.05, 4.69) is 5.10 Å².